The molecule has 0 bridgehead atoms. The summed E-state index contributed by atoms with van der Waals surface area (Å²) in [5.74, 6) is 1.01. The van der Waals surface area contributed by atoms with Gasteiger partial charge in [0.2, 0.25) is 5.91 Å². The van der Waals surface area contributed by atoms with Crippen molar-refractivity contribution >= 4 is 16.8 Å². The van der Waals surface area contributed by atoms with Gasteiger partial charge in [-0.2, -0.15) is 0 Å². The van der Waals surface area contributed by atoms with E-state index in [0.717, 1.165) is 32.1 Å². The van der Waals surface area contributed by atoms with Crippen LogP contribution in [0.1, 0.15) is 57.8 Å². The first-order chi connectivity index (χ1) is 12.1. The summed E-state index contributed by atoms with van der Waals surface area (Å²) in [4.78, 5) is 32.3. The molecule has 0 saturated heterocycles. The van der Waals surface area contributed by atoms with Crippen molar-refractivity contribution < 1.29 is 4.79 Å². The van der Waals surface area contributed by atoms with Crippen molar-refractivity contribution in [2.45, 2.75) is 58.5 Å². The molecule has 134 valence electrons. The van der Waals surface area contributed by atoms with Gasteiger partial charge in [0, 0.05) is 19.5 Å². The highest BCUT2D eigenvalue weighted by molar-refractivity contribution is 5.80. The van der Waals surface area contributed by atoms with Gasteiger partial charge in [-0.1, -0.05) is 31.9 Å². The van der Waals surface area contributed by atoms with Crippen LogP contribution in [-0.2, 0) is 11.3 Å². The Labute approximate surface area is 148 Å². The van der Waals surface area contributed by atoms with Gasteiger partial charge in [-0.15, -0.1) is 0 Å². The Kier molecular flexibility index (Phi) is 5.21. The van der Waals surface area contributed by atoms with Crippen LogP contribution in [0, 0.1) is 5.92 Å². The molecule has 3 rings (SSSR count). The topological polar surface area (TPSA) is 55.2 Å². The SMILES string of the molecule is CCC(c1nc2ccccc2c(=O)n1CC)N(C)C(=O)C1CCCC1. The summed E-state index contributed by atoms with van der Waals surface area (Å²) in [5, 5.41) is 0.632. The number of aromatic nitrogens is 2. The fourth-order valence-electron chi connectivity index (χ4n) is 3.99. The summed E-state index contributed by atoms with van der Waals surface area (Å²) < 4.78 is 1.72. The fraction of sp³-hybridized carbons (Fsp3) is 0.550. The minimum Gasteiger partial charge on any atom is -0.335 e. The van der Waals surface area contributed by atoms with Crippen molar-refractivity contribution in [3.8, 4) is 0 Å². The van der Waals surface area contributed by atoms with E-state index >= 15 is 0 Å². The third kappa shape index (κ3) is 3.20. The van der Waals surface area contributed by atoms with E-state index in [9.17, 15) is 9.59 Å². The van der Waals surface area contributed by atoms with Gasteiger partial charge >= 0.3 is 0 Å². The zero-order valence-corrected chi connectivity index (χ0v) is 15.4. The first kappa shape index (κ1) is 17.6. The molecule has 0 radical (unpaired) electrons. The minimum absolute atomic E-state index is 0.0248. The van der Waals surface area contributed by atoms with Crippen LogP contribution in [0.25, 0.3) is 10.9 Å². The molecule has 1 aromatic carbocycles. The molecule has 1 heterocycles. The molecule has 1 fully saturated rings. The Morgan fingerprint density at radius 1 is 1.28 bits per heavy atom. The van der Waals surface area contributed by atoms with Crippen LogP contribution in [-0.4, -0.2) is 27.4 Å². The Bertz CT molecular complexity index is 821. The second kappa shape index (κ2) is 7.38. The molecule has 1 saturated carbocycles. The smallest absolute Gasteiger partial charge is 0.261 e. The predicted octanol–water partition coefficient (Wildman–Crippen LogP) is 3.52. The Hall–Kier alpha value is -2.17. The number of para-hydroxylation sites is 1. The van der Waals surface area contributed by atoms with Gasteiger partial charge in [-0.3, -0.25) is 14.2 Å². The normalized spacial score (nSPS) is 16.3. The van der Waals surface area contributed by atoms with Crippen LogP contribution < -0.4 is 5.56 Å². The molecule has 1 aromatic heterocycles. The molecule has 25 heavy (non-hydrogen) atoms. The fourth-order valence-corrected chi connectivity index (χ4v) is 3.99. The van der Waals surface area contributed by atoms with Gasteiger partial charge < -0.3 is 4.90 Å². The minimum atomic E-state index is -0.176. The average Bonchev–Trinajstić information content (AvgIpc) is 3.16. The van der Waals surface area contributed by atoms with E-state index in [2.05, 4.69) is 0 Å². The van der Waals surface area contributed by atoms with Crippen LogP contribution >= 0.6 is 0 Å². The highest BCUT2D eigenvalue weighted by Crippen LogP contribution is 2.30. The number of hydrogen-bond donors (Lipinski definition) is 0. The predicted molar refractivity (Wildman–Crippen MR) is 99.4 cm³/mol. The number of fused-ring (bicyclic) bond motifs is 1. The highest BCUT2D eigenvalue weighted by atomic mass is 16.2. The lowest BCUT2D eigenvalue weighted by Crippen LogP contribution is -2.38. The summed E-state index contributed by atoms with van der Waals surface area (Å²) in [7, 11) is 1.86. The first-order valence-corrected chi connectivity index (χ1v) is 9.34. The Morgan fingerprint density at radius 3 is 2.60 bits per heavy atom. The van der Waals surface area contributed by atoms with E-state index < -0.39 is 0 Å². The van der Waals surface area contributed by atoms with E-state index in [4.69, 9.17) is 4.98 Å². The maximum atomic E-state index is 12.9. The lowest BCUT2D eigenvalue weighted by Gasteiger charge is -2.30. The van der Waals surface area contributed by atoms with Gasteiger partial charge in [-0.25, -0.2) is 4.98 Å². The molecule has 0 spiro atoms. The second-order valence-electron chi connectivity index (χ2n) is 6.89. The van der Waals surface area contributed by atoms with E-state index in [1.165, 1.54) is 0 Å². The van der Waals surface area contributed by atoms with Crippen molar-refractivity contribution in [1.29, 1.82) is 0 Å². The van der Waals surface area contributed by atoms with Crippen LogP contribution in [0.15, 0.2) is 29.1 Å². The molecule has 0 aliphatic heterocycles. The van der Waals surface area contributed by atoms with Crippen LogP contribution in [0.5, 0.6) is 0 Å². The van der Waals surface area contributed by atoms with Crippen LogP contribution in [0.3, 0.4) is 0 Å². The second-order valence-corrected chi connectivity index (χ2v) is 6.89. The van der Waals surface area contributed by atoms with Gasteiger partial charge in [0.1, 0.15) is 5.82 Å². The molecular weight excluding hydrogens is 314 g/mol. The first-order valence-electron chi connectivity index (χ1n) is 9.34. The summed E-state index contributed by atoms with van der Waals surface area (Å²) in [6, 6.07) is 7.26. The third-order valence-electron chi connectivity index (χ3n) is 5.41. The quantitative estimate of drug-likeness (QED) is 0.836. The molecular formula is C20H27N3O2. The molecule has 5 nitrogen and oxygen atoms in total. The lowest BCUT2D eigenvalue weighted by molar-refractivity contribution is -0.136. The number of nitrogens with zero attached hydrogens (tertiary/aromatic N) is 3. The van der Waals surface area contributed by atoms with Crippen LogP contribution in [0.2, 0.25) is 0 Å². The Balaban J connectivity index is 2.05. The summed E-state index contributed by atoms with van der Waals surface area (Å²) in [6.07, 6.45) is 4.96. The number of carbonyl (C=O) groups excluding carboxylic acids is 1. The standard InChI is InChI=1S/C20H27N3O2/c1-4-17(22(3)19(24)14-10-6-7-11-14)18-21-16-13-9-8-12-15(16)20(25)23(18)5-2/h8-9,12-14,17H,4-7,10-11H2,1-3H3. The van der Waals surface area contributed by atoms with Gasteiger partial charge in [-0.05, 0) is 38.3 Å². The zero-order valence-electron chi connectivity index (χ0n) is 15.4. The van der Waals surface area contributed by atoms with E-state index in [1.54, 1.807) is 4.57 Å². The van der Waals surface area contributed by atoms with Gasteiger partial charge in [0.05, 0.1) is 16.9 Å². The number of carbonyl (C=O) groups is 1. The average molecular weight is 341 g/mol. The largest absolute Gasteiger partial charge is 0.335 e. The maximum Gasteiger partial charge on any atom is 0.261 e. The van der Waals surface area contributed by atoms with Crippen molar-refractivity contribution in [3.63, 3.8) is 0 Å². The zero-order chi connectivity index (χ0) is 18.0. The number of benzene rings is 1. The number of rotatable bonds is 5. The third-order valence-corrected chi connectivity index (χ3v) is 5.41. The van der Waals surface area contributed by atoms with E-state index in [1.807, 2.05) is 50.1 Å². The summed E-state index contributed by atoms with van der Waals surface area (Å²) >= 11 is 0. The van der Waals surface area contributed by atoms with E-state index in [-0.39, 0.29) is 23.4 Å². The molecule has 1 aliphatic rings. The molecule has 1 atom stereocenters. The van der Waals surface area contributed by atoms with Crippen molar-refractivity contribution in [1.82, 2.24) is 14.5 Å². The van der Waals surface area contributed by atoms with Gasteiger partial charge in [0.25, 0.3) is 5.56 Å². The maximum absolute atomic E-state index is 12.9. The molecule has 5 heteroatoms. The monoisotopic (exact) mass is 341 g/mol. The summed E-state index contributed by atoms with van der Waals surface area (Å²) in [5.41, 5.74) is 0.677. The number of amides is 1. The van der Waals surface area contributed by atoms with Crippen molar-refractivity contribution in [2.24, 2.45) is 5.92 Å². The molecule has 0 N–H and O–H groups in total. The molecule has 1 amide bonds. The summed E-state index contributed by atoms with van der Waals surface area (Å²) in [6.45, 7) is 4.55. The highest BCUT2D eigenvalue weighted by Gasteiger charge is 2.31. The van der Waals surface area contributed by atoms with Crippen molar-refractivity contribution in [2.75, 3.05) is 7.05 Å². The lowest BCUT2D eigenvalue weighted by atomic mass is 10.0. The van der Waals surface area contributed by atoms with Gasteiger partial charge in [0.15, 0.2) is 0 Å². The van der Waals surface area contributed by atoms with E-state index in [0.29, 0.717) is 23.3 Å². The molecule has 1 unspecified atom stereocenters. The van der Waals surface area contributed by atoms with Crippen molar-refractivity contribution in [3.05, 3.63) is 40.4 Å². The molecule has 1 aliphatic carbocycles. The Morgan fingerprint density at radius 2 is 1.96 bits per heavy atom. The van der Waals surface area contributed by atoms with Crippen LogP contribution in [0.4, 0.5) is 0 Å². The number of hydrogen-bond acceptors (Lipinski definition) is 3. The molecule has 2 aromatic rings.